The maximum absolute atomic E-state index is 12.9. The summed E-state index contributed by atoms with van der Waals surface area (Å²) in [7, 11) is 1.62. The molecule has 0 spiro atoms. The summed E-state index contributed by atoms with van der Waals surface area (Å²) in [6.45, 7) is 6.92. The Labute approximate surface area is 228 Å². The first-order valence-electron chi connectivity index (χ1n) is 13.1. The zero-order valence-electron chi connectivity index (χ0n) is 22.5. The summed E-state index contributed by atoms with van der Waals surface area (Å²) in [6.07, 6.45) is 0. The predicted octanol–water partition coefficient (Wildman–Crippen LogP) is 5.00. The van der Waals surface area contributed by atoms with Crippen molar-refractivity contribution in [3.8, 4) is 22.7 Å². The standard InChI is InChI=1S/C31H32N4O4/c1-4-39-31(37)28-21-29(35(32-28)26-13-15-27(38-3)16-14-26)23-9-11-25(12-10-23)33-17-19-34(20-18-33)30(36)24-7-5-22(2)6-8-24/h5-16,21H,4,17-20H2,1-3H3. The second-order valence-electron chi connectivity index (χ2n) is 9.44. The van der Waals surface area contributed by atoms with Crippen LogP contribution in [0, 0.1) is 6.92 Å². The number of anilines is 1. The molecule has 0 atom stereocenters. The molecule has 1 amide bonds. The van der Waals surface area contributed by atoms with Gasteiger partial charge in [0.25, 0.3) is 5.91 Å². The highest BCUT2D eigenvalue weighted by Gasteiger charge is 2.23. The Kier molecular flexibility index (Phi) is 7.63. The van der Waals surface area contributed by atoms with Gasteiger partial charge in [-0.15, -0.1) is 0 Å². The third kappa shape index (κ3) is 5.65. The molecular formula is C31H32N4O4. The minimum atomic E-state index is -0.458. The number of esters is 1. The van der Waals surface area contributed by atoms with Crippen molar-refractivity contribution in [2.75, 3.05) is 44.8 Å². The Morgan fingerprint density at radius 3 is 2.10 bits per heavy atom. The van der Waals surface area contributed by atoms with Crippen LogP contribution < -0.4 is 9.64 Å². The fraction of sp³-hybridized carbons (Fsp3) is 0.258. The number of amides is 1. The molecule has 8 heteroatoms. The fourth-order valence-corrected chi connectivity index (χ4v) is 4.70. The molecule has 0 unspecified atom stereocenters. The van der Waals surface area contributed by atoms with Gasteiger partial charge in [-0.2, -0.15) is 5.10 Å². The molecule has 1 aromatic heterocycles. The number of ether oxygens (including phenoxy) is 2. The van der Waals surface area contributed by atoms with Gasteiger partial charge in [0.1, 0.15) is 5.75 Å². The van der Waals surface area contributed by atoms with E-state index in [1.54, 1.807) is 24.8 Å². The maximum atomic E-state index is 12.9. The Hall–Kier alpha value is -4.59. The monoisotopic (exact) mass is 524 g/mol. The molecule has 0 N–H and O–H groups in total. The quantitative estimate of drug-likeness (QED) is 0.317. The van der Waals surface area contributed by atoms with Crippen LogP contribution in [0.3, 0.4) is 0 Å². The number of rotatable bonds is 7. The number of aromatic nitrogens is 2. The maximum Gasteiger partial charge on any atom is 0.358 e. The Bertz CT molecular complexity index is 1440. The number of carbonyl (C=O) groups is 2. The Morgan fingerprint density at radius 1 is 0.846 bits per heavy atom. The Balaban J connectivity index is 1.33. The van der Waals surface area contributed by atoms with Gasteiger partial charge in [-0.25, -0.2) is 9.48 Å². The van der Waals surface area contributed by atoms with Crippen LogP contribution in [-0.4, -0.2) is 66.5 Å². The number of hydrogen-bond acceptors (Lipinski definition) is 6. The van der Waals surface area contributed by atoms with E-state index in [0.717, 1.165) is 52.6 Å². The van der Waals surface area contributed by atoms with Crippen LogP contribution in [0.1, 0.15) is 33.3 Å². The van der Waals surface area contributed by atoms with Gasteiger partial charge in [-0.05, 0) is 68.4 Å². The topological polar surface area (TPSA) is 76.9 Å². The molecule has 1 aliphatic heterocycles. The fourth-order valence-electron chi connectivity index (χ4n) is 4.70. The summed E-state index contributed by atoms with van der Waals surface area (Å²) in [5.74, 6) is 0.359. The number of aryl methyl sites for hydroxylation is 1. The molecule has 1 fully saturated rings. The third-order valence-corrected chi connectivity index (χ3v) is 6.90. The molecule has 1 saturated heterocycles. The van der Waals surface area contributed by atoms with E-state index in [2.05, 4.69) is 22.1 Å². The van der Waals surface area contributed by atoms with E-state index >= 15 is 0 Å². The summed E-state index contributed by atoms with van der Waals surface area (Å²) < 4.78 is 12.2. The summed E-state index contributed by atoms with van der Waals surface area (Å²) in [5, 5.41) is 4.55. The summed E-state index contributed by atoms with van der Waals surface area (Å²) in [4.78, 5) is 29.6. The minimum absolute atomic E-state index is 0.0780. The summed E-state index contributed by atoms with van der Waals surface area (Å²) in [5.41, 5.74) is 5.72. The smallest absolute Gasteiger partial charge is 0.358 e. The number of benzene rings is 3. The number of hydrogen-bond donors (Lipinski definition) is 0. The molecule has 0 radical (unpaired) electrons. The Morgan fingerprint density at radius 2 is 1.49 bits per heavy atom. The molecule has 200 valence electrons. The average Bonchev–Trinajstić information content (AvgIpc) is 3.43. The second kappa shape index (κ2) is 11.4. The van der Waals surface area contributed by atoms with Gasteiger partial charge >= 0.3 is 5.97 Å². The number of carbonyl (C=O) groups excluding carboxylic acids is 2. The van der Waals surface area contributed by atoms with Crippen LogP contribution in [0.25, 0.3) is 16.9 Å². The largest absolute Gasteiger partial charge is 0.497 e. The first kappa shape index (κ1) is 26.0. The van der Waals surface area contributed by atoms with E-state index < -0.39 is 5.97 Å². The molecule has 4 aromatic rings. The lowest BCUT2D eigenvalue weighted by atomic mass is 10.1. The van der Waals surface area contributed by atoms with Crippen LogP contribution in [0.2, 0.25) is 0 Å². The molecule has 0 aliphatic carbocycles. The molecule has 5 rings (SSSR count). The zero-order chi connectivity index (χ0) is 27.4. The second-order valence-corrected chi connectivity index (χ2v) is 9.44. The van der Waals surface area contributed by atoms with Crippen molar-refractivity contribution in [1.82, 2.24) is 14.7 Å². The van der Waals surface area contributed by atoms with Crippen molar-refractivity contribution in [3.05, 3.63) is 95.7 Å². The van der Waals surface area contributed by atoms with Gasteiger partial charge in [-0.3, -0.25) is 4.79 Å². The van der Waals surface area contributed by atoms with Crippen molar-refractivity contribution in [3.63, 3.8) is 0 Å². The van der Waals surface area contributed by atoms with Gasteiger partial charge < -0.3 is 19.3 Å². The molecule has 2 heterocycles. The third-order valence-electron chi connectivity index (χ3n) is 6.90. The first-order chi connectivity index (χ1) is 19.0. The van der Waals surface area contributed by atoms with Gasteiger partial charge in [-0.1, -0.05) is 29.8 Å². The molecule has 0 saturated carbocycles. The first-order valence-corrected chi connectivity index (χ1v) is 13.1. The van der Waals surface area contributed by atoms with Crippen LogP contribution in [0.15, 0.2) is 78.9 Å². The van der Waals surface area contributed by atoms with Crippen molar-refractivity contribution in [1.29, 1.82) is 0 Å². The highest BCUT2D eigenvalue weighted by Crippen LogP contribution is 2.28. The average molecular weight is 525 g/mol. The van der Waals surface area contributed by atoms with E-state index in [4.69, 9.17) is 9.47 Å². The molecule has 39 heavy (non-hydrogen) atoms. The number of nitrogens with zero attached hydrogens (tertiary/aromatic N) is 4. The predicted molar refractivity (Wildman–Crippen MR) is 151 cm³/mol. The lowest BCUT2D eigenvalue weighted by molar-refractivity contribution is 0.0518. The van der Waals surface area contributed by atoms with Crippen molar-refractivity contribution in [2.45, 2.75) is 13.8 Å². The molecule has 3 aromatic carbocycles. The van der Waals surface area contributed by atoms with Crippen LogP contribution in [0.4, 0.5) is 5.69 Å². The van der Waals surface area contributed by atoms with Gasteiger partial charge in [0.05, 0.1) is 25.1 Å². The number of methoxy groups -OCH3 is 1. The van der Waals surface area contributed by atoms with Crippen LogP contribution in [0.5, 0.6) is 5.75 Å². The molecular weight excluding hydrogens is 492 g/mol. The normalized spacial score (nSPS) is 13.3. The van der Waals surface area contributed by atoms with E-state index in [1.807, 2.05) is 72.5 Å². The van der Waals surface area contributed by atoms with E-state index in [1.165, 1.54) is 0 Å². The highest BCUT2D eigenvalue weighted by atomic mass is 16.5. The SMILES string of the molecule is CCOC(=O)c1cc(-c2ccc(N3CCN(C(=O)c4ccc(C)cc4)CC3)cc2)n(-c2ccc(OC)cc2)n1. The molecule has 0 bridgehead atoms. The van der Waals surface area contributed by atoms with Gasteiger partial charge in [0.15, 0.2) is 5.69 Å². The molecule has 1 aliphatic rings. The van der Waals surface area contributed by atoms with Crippen molar-refractivity contribution < 1.29 is 19.1 Å². The zero-order valence-corrected chi connectivity index (χ0v) is 22.5. The lowest BCUT2D eigenvalue weighted by Crippen LogP contribution is -2.48. The molecule has 8 nitrogen and oxygen atoms in total. The van der Waals surface area contributed by atoms with E-state index in [9.17, 15) is 9.59 Å². The minimum Gasteiger partial charge on any atom is -0.497 e. The van der Waals surface area contributed by atoms with E-state index in [0.29, 0.717) is 13.1 Å². The highest BCUT2D eigenvalue weighted by molar-refractivity contribution is 5.94. The van der Waals surface area contributed by atoms with Crippen LogP contribution in [-0.2, 0) is 4.74 Å². The van der Waals surface area contributed by atoms with Gasteiger partial charge in [0.2, 0.25) is 0 Å². The summed E-state index contributed by atoms with van der Waals surface area (Å²) >= 11 is 0. The van der Waals surface area contributed by atoms with Gasteiger partial charge in [0, 0.05) is 43.0 Å². The summed E-state index contributed by atoms with van der Waals surface area (Å²) in [6, 6.07) is 25.2. The van der Waals surface area contributed by atoms with Crippen LogP contribution >= 0.6 is 0 Å². The van der Waals surface area contributed by atoms with Crippen molar-refractivity contribution >= 4 is 17.6 Å². The van der Waals surface area contributed by atoms with E-state index in [-0.39, 0.29) is 18.2 Å². The lowest BCUT2D eigenvalue weighted by Gasteiger charge is -2.36. The number of piperazine rings is 1. The van der Waals surface area contributed by atoms with Crippen molar-refractivity contribution in [2.24, 2.45) is 0 Å².